The van der Waals surface area contributed by atoms with Crippen LogP contribution in [-0.4, -0.2) is 10.2 Å². The lowest BCUT2D eigenvalue weighted by atomic mass is 10.0. The Hall–Kier alpha value is -1.61. The van der Waals surface area contributed by atoms with Crippen LogP contribution in [0, 0.1) is 0 Å². The zero-order valence-electron chi connectivity index (χ0n) is 12.1. The summed E-state index contributed by atoms with van der Waals surface area (Å²) in [6.07, 6.45) is 0.968. The lowest BCUT2D eigenvalue weighted by Crippen LogP contribution is -2.11. The molecule has 1 aromatic heterocycles. The molecule has 3 nitrogen and oxygen atoms in total. The van der Waals surface area contributed by atoms with Crippen LogP contribution >= 0.6 is 11.6 Å². The summed E-state index contributed by atoms with van der Waals surface area (Å²) in [6, 6.07) is 12.1. The predicted octanol–water partition coefficient (Wildman–Crippen LogP) is 4.82. The van der Waals surface area contributed by atoms with Crippen LogP contribution in [0.1, 0.15) is 50.4 Å². The fourth-order valence-corrected chi connectivity index (χ4v) is 2.15. The van der Waals surface area contributed by atoms with E-state index in [2.05, 4.69) is 36.3 Å². The summed E-state index contributed by atoms with van der Waals surface area (Å²) >= 11 is 5.92. The molecule has 0 amide bonds. The number of nitrogens with zero attached hydrogens (tertiary/aromatic N) is 2. The van der Waals surface area contributed by atoms with Crippen LogP contribution in [-0.2, 0) is 0 Å². The van der Waals surface area contributed by atoms with Gasteiger partial charge in [0, 0.05) is 5.02 Å². The maximum absolute atomic E-state index is 5.92. The molecule has 0 spiro atoms. The quantitative estimate of drug-likeness (QED) is 0.858. The Labute approximate surface area is 125 Å². The molecule has 0 fully saturated rings. The monoisotopic (exact) mass is 289 g/mol. The van der Waals surface area contributed by atoms with Crippen molar-refractivity contribution in [3.8, 4) is 0 Å². The van der Waals surface area contributed by atoms with Gasteiger partial charge >= 0.3 is 0 Å². The van der Waals surface area contributed by atoms with Crippen LogP contribution in [0.3, 0.4) is 0 Å². The minimum absolute atomic E-state index is 0.214. The van der Waals surface area contributed by atoms with Gasteiger partial charge in [0.25, 0.3) is 0 Å². The highest BCUT2D eigenvalue weighted by atomic mass is 35.5. The van der Waals surface area contributed by atoms with Crippen LogP contribution in [0.25, 0.3) is 0 Å². The number of benzene rings is 1. The normalized spacial score (nSPS) is 12.4. The van der Waals surface area contributed by atoms with Gasteiger partial charge in [-0.15, -0.1) is 5.10 Å². The summed E-state index contributed by atoms with van der Waals surface area (Å²) in [6.45, 7) is 6.36. The van der Waals surface area contributed by atoms with Gasteiger partial charge in [-0.25, -0.2) is 0 Å². The fraction of sp³-hybridized carbons (Fsp3) is 0.375. The van der Waals surface area contributed by atoms with Gasteiger partial charge in [0.05, 0.1) is 11.7 Å². The van der Waals surface area contributed by atoms with Crippen LogP contribution < -0.4 is 5.32 Å². The van der Waals surface area contributed by atoms with Gasteiger partial charge in [-0.1, -0.05) is 44.5 Å². The van der Waals surface area contributed by atoms with Gasteiger partial charge in [-0.2, -0.15) is 5.10 Å². The number of hydrogen-bond donors (Lipinski definition) is 1. The molecule has 0 radical (unpaired) electrons. The summed E-state index contributed by atoms with van der Waals surface area (Å²) in [5, 5.41) is 12.7. The van der Waals surface area contributed by atoms with Gasteiger partial charge in [-0.3, -0.25) is 0 Å². The largest absolute Gasteiger partial charge is 0.362 e. The molecule has 1 heterocycles. The van der Waals surface area contributed by atoms with E-state index < -0.39 is 0 Å². The van der Waals surface area contributed by atoms with Crippen LogP contribution in [0.2, 0.25) is 5.02 Å². The van der Waals surface area contributed by atoms with E-state index in [9.17, 15) is 0 Å². The van der Waals surface area contributed by atoms with E-state index in [-0.39, 0.29) is 6.04 Å². The van der Waals surface area contributed by atoms with Gasteiger partial charge in [0.1, 0.15) is 5.82 Å². The summed E-state index contributed by atoms with van der Waals surface area (Å²) in [5.74, 6) is 1.20. The van der Waals surface area contributed by atoms with Gasteiger partial charge in [-0.05, 0) is 42.2 Å². The molecule has 0 saturated heterocycles. The molecule has 4 heteroatoms. The van der Waals surface area contributed by atoms with Crippen molar-refractivity contribution < 1.29 is 0 Å². The molecular weight excluding hydrogens is 270 g/mol. The second kappa shape index (κ2) is 6.71. The predicted molar refractivity (Wildman–Crippen MR) is 84.2 cm³/mol. The average Bonchev–Trinajstić information content (AvgIpc) is 2.46. The lowest BCUT2D eigenvalue weighted by Gasteiger charge is -2.18. The Morgan fingerprint density at radius 2 is 1.75 bits per heavy atom. The third-order valence-corrected chi connectivity index (χ3v) is 3.53. The van der Waals surface area contributed by atoms with E-state index in [4.69, 9.17) is 11.6 Å². The van der Waals surface area contributed by atoms with Crippen molar-refractivity contribution in [1.29, 1.82) is 0 Å². The third kappa shape index (κ3) is 3.70. The molecule has 1 N–H and O–H groups in total. The fourth-order valence-electron chi connectivity index (χ4n) is 2.02. The standard InChI is InChI=1S/C16H20ClN3/c1-4-14(12-5-7-13(17)8-6-12)18-16-10-9-15(11(2)3)19-20-16/h5-11,14H,4H2,1-3H3,(H,18,20)/t14-/m0/s1. The Morgan fingerprint density at radius 1 is 1.05 bits per heavy atom. The molecule has 2 aromatic rings. The molecule has 1 atom stereocenters. The Balaban J connectivity index is 2.11. The minimum Gasteiger partial charge on any atom is -0.362 e. The molecule has 1 aromatic carbocycles. The maximum atomic E-state index is 5.92. The Morgan fingerprint density at radius 3 is 2.25 bits per heavy atom. The second-order valence-electron chi connectivity index (χ2n) is 5.15. The first-order valence-electron chi connectivity index (χ1n) is 6.95. The van der Waals surface area contributed by atoms with Crippen molar-refractivity contribution in [2.45, 2.75) is 39.2 Å². The molecule has 0 aliphatic rings. The molecule has 2 rings (SSSR count). The molecule has 0 saturated carbocycles. The van der Waals surface area contributed by atoms with Gasteiger partial charge in [0.15, 0.2) is 0 Å². The number of rotatable bonds is 5. The number of halogens is 1. The Kier molecular flexibility index (Phi) is 4.96. The summed E-state index contributed by atoms with van der Waals surface area (Å²) in [4.78, 5) is 0. The van der Waals surface area contributed by atoms with Crippen LogP contribution in [0.4, 0.5) is 5.82 Å². The molecule has 0 aliphatic heterocycles. The van der Waals surface area contributed by atoms with Gasteiger partial charge in [0.2, 0.25) is 0 Å². The Bertz CT molecular complexity index is 535. The zero-order valence-corrected chi connectivity index (χ0v) is 12.9. The molecular formula is C16H20ClN3. The van der Waals surface area contributed by atoms with E-state index >= 15 is 0 Å². The molecule has 0 bridgehead atoms. The van der Waals surface area contributed by atoms with Crippen LogP contribution in [0.5, 0.6) is 0 Å². The zero-order chi connectivity index (χ0) is 14.5. The molecule has 0 unspecified atom stereocenters. The van der Waals surface area contributed by atoms with Crippen molar-refractivity contribution in [3.63, 3.8) is 0 Å². The number of anilines is 1. The number of hydrogen-bond acceptors (Lipinski definition) is 3. The average molecular weight is 290 g/mol. The van der Waals surface area contributed by atoms with Crippen molar-refractivity contribution in [3.05, 3.63) is 52.7 Å². The van der Waals surface area contributed by atoms with E-state index in [0.29, 0.717) is 5.92 Å². The number of nitrogens with one attached hydrogen (secondary N) is 1. The van der Waals surface area contributed by atoms with Crippen molar-refractivity contribution in [2.24, 2.45) is 0 Å². The highest BCUT2D eigenvalue weighted by Gasteiger charge is 2.10. The molecule has 106 valence electrons. The molecule has 20 heavy (non-hydrogen) atoms. The van der Waals surface area contributed by atoms with E-state index in [1.165, 1.54) is 5.56 Å². The molecule has 0 aliphatic carbocycles. The maximum Gasteiger partial charge on any atom is 0.149 e. The smallest absolute Gasteiger partial charge is 0.149 e. The first-order valence-corrected chi connectivity index (χ1v) is 7.33. The topological polar surface area (TPSA) is 37.8 Å². The van der Waals surface area contributed by atoms with Crippen molar-refractivity contribution >= 4 is 17.4 Å². The first-order chi connectivity index (χ1) is 9.60. The second-order valence-corrected chi connectivity index (χ2v) is 5.59. The van der Waals surface area contributed by atoms with Crippen molar-refractivity contribution in [2.75, 3.05) is 5.32 Å². The van der Waals surface area contributed by atoms with Gasteiger partial charge < -0.3 is 5.32 Å². The summed E-state index contributed by atoms with van der Waals surface area (Å²) < 4.78 is 0. The lowest BCUT2D eigenvalue weighted by molar-refractivity contribution is 0.732. The summed E-state index contributed by atoms with van der Waals surface area (Å²) in [5.41, 5.74) is 2.21. The first kappa shape index (κ1) is 14.8. The highest BCUT2D eigenvalue weighted by Crippen LogP contribution is 2.23. The summed E-state index contributed by atoms with van der Waals surface area (Å²) in [7, 11) is 0. The minimum atomic E-state index is 0.214. The third-order valence-electron chi connectivity index (χ3n) is 3.28. The van der Waals surface area contributed by atoms with Crippen molar-refractivity contribution in [1.82, 2.24) is 10.2 Å². The number of aromatic nitrogens is 2. The van der Waals surface area contributed by atoms with E-state index in [1.807, 2.05) is 36.4 Å². The van der Waals surface area contributed by atoms with E-state index in [0.717, 1.165) is 23.0 Å². The highest BCUT2D eigenvalue weighted by molar-refractivity contribution is 6.30. The SMILES string of the molecule is CC[C@H](Nc1ccc(C(C)C)nn1)c1ccc(Cl)cc1. The van der Waals surface area contributed by atoms with Crippen LogP contribution in [0.15, 0.2) is 36.4 Å². The van der Waals surface area contributed by atoms with E-state index in [1.54, 1.807) is 0 Å².